The highest BCUT2D eigenvalue weighted by molar-refractivity contribution is 6.09. The molecule has 0 aliphatic rings. The van der Waals surface area contributed by atoms with E-state index in [1.807, 2.05) is 49.4 Å². The number of unbranched alkanes of at least 4 members (excludes halogenated alkanes) is 1. The number of hydrogen-bond donors (Lipinski definition) is 0. The Labute approximate surface area is 176 Å². The predicted molar refractivity (Wildman–Crippen MR) is 116 cm³/mol. The van der Waals surface area contributed by atoms with E-state index in [1.54, 1.807) is 14.0 Å². The van der Waals surface area contributed by atoms with Crippen LogP contribution in [0.5, 0.6) is 11.5 Å². The topological polar surface area (TPSA) is 66.8 Å². The molecule has 1 heterocycles. The molecule has 0 amide bonds. The van der Waals surface area contributed by atoms with Gasteiger partial charge in [0, 0.05) is 35.3 Å². The first-order valence-electron chi connectivity index (χ1n) is 9.99. The molecule has 30 heavy (non-hydrogen) atoms. The van der Waals surface area contributed by atoms with Crippen LogP contribution in [0.2, 0.25) is 0 Å². The second-order valence-corrected chi connectivity index (χ2v) is 7.12. The van der Waals surface area contributed by atoms with E-state index in [4.69, 9.17) is 14.2 Å². The van der Waals surface area contributed by atoms with Gasteiger partial charge in [-0.2, -0.15) is 0 Å². The van der Waals surface area contributed by atoms with Crippen LogP contribution < -0.4 is 9.47 Å². The molecule has 0 fully saturated rings. The third-order valence-corrected chi connectivity index (χ3v) is 4.97. The number of carbonyl (C=O) groups excluding carboxylic acids is 2. The Morgan fingerprint density at radius 3 is 2.23 bits per heavy atom. The molecule has 6 heteroatoms. The molecular weight excluding hydrogens is 382 g/mol. The maximum Gasteiger partial charge on any atom is 0.302 e. The average Bonchev–Trinajstić information content (AvgIpc) is 3.01. The Kier molecular flexibility index (Phi) is 6.77. The summed E-state index contributed by atoms with van der Waals surface area (Å²) in [5.74, 6) is 1.29. The van der Waals surface area contributed by atoms with Crippen LogP contribution in [0.25, 0.3) is 16.6 Å². The smallest absolute Gasteiger partial charge is 0.302 e. The zero-order chi connectivity index (χ0) is 21.7. The van der Waals surface area contributed by atoms with Gasteiger partial charge in [-0.3, -0.25) is 9.59 Å². The molecule has 158 valence electrons. The molecular formula is C24H27NO5. The van der Waals surface area contributed by atoms with Crippen molar-refractivity contribution in [3.05, 3.63) is 53.7 Å². The van der Waals surface area contributed by atoms with Crippen molar-refractivity contribution in [2.45, 2.75) is 33.6 Å². The number of ketones is 1. The van der Waals surface area contributed by atoms with Crippen LogP contribution in [0.4, 0.5) is 0 Å². The molecule has 1 aromatic heterocycles. The SMILES string of the molecule is COc1ccc2c(C(C)=O)c(C)n(-c3ccc(OCCCCOC(C)=O)cc3)c2c1. The Morgan fingerprint density at radius 1 is 0.933 bits per heavy atom. The molecule has 0 spiro atoms. The van der Waals surface area contributed by atoms with Gasteiger partial charge in [0.2, 0.25) is 0 Å². The summed E-state index contributed by atoms with van der Waals surface area (Å²) < 4.78 is 18.1. The van der Waals surface area contributed by atoms with Gasteiger partial charge in [0.05, 0.1) is 25.8 Å². The molecule has 0 unspecified atom stereocenters. The fourth-order valence-corrected chi connectivity index (χ4v) is 3.60. The molecule has 0 aliphatic heterocycles. The van der Waals surface area contributed by atoms with E-state index >= 15 is 0 Å². The molecule has 0 bridgehead atoms. The number of esters is 1. The van der Waals surface area contributed by atoms with Crippen molar-refractivity contribution in [3.8, 4) is 17.2 Å². The quantitative estimate of drug-likeness (QED) is 0.286. The first kappa shape index (κ1) is 21.4. The van der Waals surface area contributed by atoms with Crippen molar-refractivity contribution in [1.29, 1.82) is 0 Å². The number of methoxy groups -OCH3 is 1. The minimum Gasteiger partial charge on any atom is -0.497 e. The van der Waals surface area contributed by atoms with Crippen LogP contribution in [-0.2, 0) is 9.53 Å². The monoisotopic (exact) mass is 409 g/mol. The summed E-state index contributed by atoms with van der Waals surface area (Å²) in [5, 5.41) is 0.911. The van der Waals surface area contributed by atoms with Gasteiger partial charge in [-0.1, -0.05) is 0 Å². The van der Waals surface area contributed by atoms with Crippen LogP contribution >= 0.6 is 0 Å². The number of aromatic nitrogens is 1. The largest absolute Gasteiger partial charge is 0.497 e. The van der Waals surface area contributed by atoms with Crippen molar-refractivity contribution in [2.24, 2.45) is 0 Å². The number of rotatable bonds is 9. The normalized spacial score (nSPS) is 10.8. The van der Waals surface area contributed by atoms with Gasteiger partial charge in [0.25, 0.3) is 0 Å². The summed E-state index contributed by atoms with van der Waals surface area (Å²) in [6.45, 7) is 5.92. The molecule has 0 radical (unpaired) electrons. The molecule has 3 aromatic rings. The zero-order valence-electron chi connectivity index (χ0n) is 17.9. The van der Waals surface area contributed by atoms with E-state index in [9.17, 15) is 9.59 Å². The number of fused-ring (bicyclic) bond motifs is 1. The summed E-state index contributed by atoms with van der Waals surface area (Å²) in [7, 11) is 1.63. The second-order valence-electron chi connectivity index (χ2n) is 7.12. The Balaban J connectivity index is 1.80. The standard InChI is InChI=1S/C24H27NO5/c1-16-24(17(2)26)22-12-11-21(28-4)15-23(22)25(16)19-7-9-20(10-8-19)30-14-6-5-13-29-18(3)27/h7-12,15H,5-6,13-14H2,1-4H3. The molecule has 3 rings (SSSR count). The summed E-state index contributed by atoms with van der Waals surface area (Å²) in [6.07, 6.45) is 1.57. The Morgan fingerprint density at radius 2 is 1.60 bits per heavy atom. The third kappa shape index (κ3) is 4.64. The fourth-order valence-electron chi connectivity index (χ4n) is 3.60. The summed E-state index contributed by atoms with van der Waals surface area (Å²) in [6, 6.07) is 13.5. The van der Waals surface area contributed by atoms with E-state index in [1.165, 1.54) is 6.92 Å². The number of carbonyl (C=O) groups is 2. The number of benzene rings is 2. The lowest BCUT2D eigenvalue weighted by molar-refractivity contribution is -0.141. The summed E-state index contributed by atoms with van der Waals surface area (Å²) in [5.41, 5.74) is 3.49. The van der Waals surface area contributed by atoms with Crippen LogP contribution in [0.15, 0.2) is 42.5 Å². The van der Waals surface area contributed by atoms with Crippen LogP contribution in [0.1, 0.15) is 42.7 Å². The third-order valence-electron chi connectivity index (χ3n) is 4.97. The van der Waals surface area contributed by atoms with Gasteiger partial charge >= 0.3 is 5.97 Å². The lowest BCUT2D eigenvalue weighted by Gasteiger charge is -2.11. The van der Waals surface area contributed by atoms with E-state index in [2.05, 4.69) is 4.57 Å². The molecule has 0 saturated heterocycles. The average molecular weight is 409 g/mol. The number of ether oxygens (including phenoxy) is 3. The summed E-state index contributed by atoms with van der Waals surface area (Å²) in [4.78, 5) is 23.0. The van der Waals surface area contributed by atoms with E-state index in [-0.39, 0.29) is 11.8 Å². The van der Waals surface area contributed by atoms with Gasteiger partial charge < -0.3 is 18.8 Å². The van der Waals surface area contributed by atoms with Gasteiger partial charge in [-0.25, -0.2) is 0 Å². The molecule has 0 aliphatic carbocycles. The summed E-state index contributed by atoms with van der Waals surface area (Å²) >= 11 is 0. The van der Waals surface area contributed by atoms with Gasteiger partial charge in [-0.15, -0.1) is 0 Å². The van der Waals surface area contributed by atoms with Crippen molar-refractivity contribution < 1.29 is 23.8 Å². The molecule has 6 nitrogen and oxygen atoms in total. The lowest BCUT2D eigenvalue weighted by atomic mass is 10.1. The first-order chi connectivity index (χ1) is 14.4. The predicted octanol–water partition coefficient (Wildman–Crippen LogP) is 4.87. The highest BCUT2D eigenvalue weighted by Gasteiger charge is 2.19. The van der Waals surface area contributed by atoms with Crippen molar-refractivity contribution in [3.63, 3.8) is 0 Å². The first-order valence-corrected chi connectivity index (χ1v) is 9.99. The van der Waals surface area contributed by atoms with Crippen LogP contribution in [-0.4, -0.2) is 36.6 Å². The minimum atomic E-state index is -0.259. The van der Waals surface area contributed by atoms with Crippen molar-refractivity contribution in [2.75, 3.05) is 20.3 Å². The number of Topliss-reactive ketones (excluding diaryl/α,β-unsaturated/α-hetero) is 1. The molecule has 2 aromatic carbocycles. The Bertz CT molecular complexity index is 1050. The van der Waals surface area contributed by atoms with Gasteiger partial charge in [0.1, 0.15) is 11.5 Å². The van der Waals surface area contributed by atoms with Crippen molar-refractivity contribution in [1.82, 2.24) is 4.57 Å². The number of nitrogens with zero attached hydrogens (tertiary/aromatic N) is 1. The van der Waals surface area contributed by atoms with Gasteiger partial charge in [-0.05, 0) is 63.1 Å². The highest BCUT2D eigenvalue weighted by Crippen LogP contribution is 2.32. The van der Waals surface area contributed by atoms with E-state index in [0.717, 1.165) is 52.2 Å². The maximum absolute atomic E-state index is 12.3. The molecule has 0 atom stereocenters. The minimum absolute atomic E-state index is 0.0372. The van der Waals surface area contributed by atoms with Gasteiger partial charge in [0.15, 0.2) is 5.78 Å². The van der Waals surface area contributed by atoms with Crippen LogP contribution in [0.3, 0.4) is 0 Å². The second kappa shape index (κ2) is 9.48. The molecule has 0 N–H and O–H groups in total. The fraction of sp³-hybridized carbons (Fsp3) is 0.333. The maximum atomic E-state index is 12.3. The van der Waals surface area contributed by atoms with E-state index < -0.39 is 0 Å². The van der Waals surface area contributed by atoms with E-state index in [0.29, 0.717) is 13.2 Å². The van der Waals surface area contributed by atoms with Crippen LogP contribution in [0, 0.1) is 6.92 Å². The Hall–Kier alpha value is -3.28. The van der Waals surface area contributed by atoms with Crippen molar-refractivity contribution >= 4 is 22.7 Å². The number of hydrogen-bond acceptors (Lipinski definition) is 5. The molecule has 0 saturated carbocycles. The zero-order valence-corrected chi connectivity index (χ0v) is 17.9. The lowest BCUT2D eigenvalue weighted by Crippen LogP contribution is -2.04. The highest BCUT2D eigenvalue weighted by atomic mass is 16.5.